The van der Waals surface area contributed by atoms with Crippen molar-refractivity contribution in [3.8, 4) is 0 Å². The second kappa shape index (κ2) is 15.0. The van der Waals surface area contributed by atoms with Gasteiger partial charge in [-0.1, -0.05) is 107 Å². The Morgan fingerprint density at radius 3 is 1.00 bits per heavy atom. The minimum atomic E-state index is 0.206. The quantitative estimate of drug-likeness (QED) is 0.209. The maximum Gasteiger partial charge on any atom is -0.0233 e. The molecule has 22 heavy (non-hydrogen) atoms. The van der Waals surface area contributed by atoms with E-state index in [-0.39, 0.29) is 7.92 Å². The Labute approximate surface area is 144 Å². The molecular weight excluding hydrogens is 283 g/mol. The first-order valence-electron chi connectivity index (χ1n) is 10.4. The number of rotatable bonds is 15. The maximum atomic E-state index is 2.58. The third-order valence-corrected chi connectivity index (χ3v) is 9.03. The maximum absolute atomic E-state index is 2.58. The normalized spacial score (nSPS) is 17.2. The molecule has 0 nitrogen and oxygen atoms in total. The summed E-state index contributed by atoms with van der Waals surface area (Å²) >= 11 is 0. The molecule has 0 aliphatic heterocycles. The Kier molecular flexibility index (Phi) is 15.3. The van der Waals surface area contributed by atoms with Crippen LogP contribution in [-0.4, -0.2) is 17.0 Å². The van der Waals surface area contributed by atoms with Gasteiger partial charge in [0, 0.05) is 0 Å². The fourth-order valence-electron chi connectivity index (χ4n) is 3.82. The predicted molar refractivity (Wildman–Crippen MR) is 108 cm³/mol. The first kappa shape index (κ1) is 22.4. The van der Waals surface area contributed by atoms with Gasteiger partial charge in [-0.05, 0) is 36.2 Å². The topological polar surface area (TPSA) is 0 Å². The highest BCUT2D eigenvalue weighted by Crippen LogP contribution is 2.55. The second-order valence-electron chi connectivity index (χ2n) is 7.48. The van der Waals surface area contributed by atoms with E-state index in [1.807, 2.05) is 0 Å². The van der Waals surface area contributed by atoms with Gasteiger partial charge in [-0.15, -0.1) is 0 Å². The predicted octanol–water partition coefficient (Wildman–Crippen LogP) is 8.37. The fraction of sp³-hybridized carbons (Fsp3) is 1.00. The third kappa shape index (κ3) is 10.3. The largest absolute Gasteiger partial charge is 0.0980 e. The van der Waals surface area contributed by atoms with E-state index in [0.717, 1.165) is 17.0 Å². The zero-order valence-corrected chi connectivity index (χ0v) is 17.6. The summed E-state index contributed by atoms with van der Waals surface area (Å²) in [6, 6.07) is 0. The van der Waals surface area contributed by atoms with E-state index in [2.05, 4.69) is 41.5 Å². The van der Waals surface area contributed by atoms with E-state index < -0.39 is 0 Å². The van der Waals surface area contributed by atoms with Gasteiger partial charge in [0.25, 0.3) is 0 Å². The zero-order chi connectivity index (χ0) is 16.8. The van der Waals surface area contributed by atoms with Crippen molar-refractivity contribution < 1.29 is 0 Å². The molecule has 0 fully saturated rings. The third-order valence-electron chi connectivity index (χ3n) is 5.20. The summed E-state index contributed by atoms with van der Waals surface area (Å²) in [6.07, 6.45) is 17.2. The molecule has 0 aromatic carbocycles. The van der Waals surface area contributed by atoms with E-state index in [1.165, 1.54) is 77.0 Å². The lowest BCUT2D eigenvalue weighted by Gasteiger charge is -2.36. The molecule has 0 saturated carbocycles. The first-order chi connectivity index (χ1) is 10.6. The lowest BCUT2D eigenvalue weighted by molar-refractivity contribution is 0.618. The van der Waals surface area contributed by atoms with Crippen molar-refractivity contribution in [2.75, 3.05) is 0 Å². The van der Waals surface area contributed by atoms with Crippen LogP contribution in [0.3, 0.4) is 0 Å². The Morgan fingerprint density at radius 1 is 0.500 bits per heavy atom. The average molecular weight is 329 g/mol. The van der Waals surface area contributed by atoms with E-state index in [9.17, 15) is 0 Å². The molecule has 134 valence electrons. The molecular formula is C21H45P. The van der Waals surface area contributed by atoms with E-state index in [4.69, 9.17) is 0 Å². The number of unbranched alkanes of at least 4 members (excludes halogenated alkanes) is 6. The van der Waals surface area contributed by atoms with Gasteiger partial charge >= 0.3 is 0 Å². The lowest BCUT2D eigenvalue weighted by Crippen LogP contribution is -2.18. The first-order valence-corrected chi connectivity index (χ1v) is 11.9. The standard InChI is InChI=1S/C21H45P/c1-7-10-13-16-19(4)22(20(5)17-14-11-8-2)21(6)18-15-12-9-3/h19-21H,7-18H2,1-6H3. The lowest BCUT2D eigenvalue weighted by atomic mass is 10.1. The fourth-order valence-corrected chi connectivity index (χ4v) is 7.87. The van der Waals surface area contributed by atoms with Gasteiger partial charge in [0.2, 0.25) is 0 Å². The number of hydrogen-bond donors (Lipinski definition) is 0. The monoisotopic (exact) mass is 328 g/mol. The van der Waals surface area contributed by atoms with Crippen LogP contribution in [0.4, 0.5) is 0 Å². The van der Waals surface area contributed by atoms with Gasteiger partial charge in [0.1, 0.15) is 0 Å². The molecule has 0 radical (unpaired) electrons. The van der Waals surface area contributed by atoms with Gasteiger partial charge in [0.05, 0.1) is 0 Å². The van der Waals surface area contributed by atoms with Crippen LogP contribution < -0.4 is 0 Å². The molecule has 0 aromatic heterocycles. The highest BCUT2D eigenvalue weighted by molar-refractivity contribution is 7.59. The molecule has 3 atom stereocenters. The van der Waals surface area contributed by atoms with Crippen molar-refractivity contribution in [3.05, 3.63) is 0 Å². The molecule has 0 N–H and O–H groups in total. The Balaban J connectivity index is 4.50. The van der Waals surface area contributed by atoms with Crippen molar-refractivity contribution >= 4 is 7.92 Å². The summed E-state index contributed by atoms with van der Waals surface area (Å²) in [6.45, 7) is 14.7. The van der Waals surface area contributed by atoms with Gasteiger partial charge in [-0.2, -0.15) is 0 Å². The molecule has 0 amide bonds. The Morgan fingerprint density at radius 2 is 0.773 bits per heavy atom. The molecule has 0 aliphatic carbocycles. The zero-order valence-electron chi connectivity index (χ0n) is 16.7. The van der Waals surface area contributed by atoms with Crippen molar-refractivity contribution in [1.29, 1.82) is 0 Å². The average Bonchev–Trinajstić information content (AvgIpc) is 2.48. The van der Waals surface area contributed by atoms with Gasteiger partial charge in [0.15, 0.2) is 0 Å². The van der Waals surface area contributed by atoms with Crippen LogP contribution in [0.15, 0.2) is 0 Å². The molecule has 0 bridgehead atoms. The van der Waals surface area contributed by atoms with Crippen molar-refractivity contribution in [2.24, 2.45) is 0 Å². The van der Waals surface area contributed by atoms with Crippen LogP contribution >= 0.6 is 7.92 Å². The van der Waals surface area contributed by atoms with Crippen molar-refractivity contribution in [3.63, 3.8) is 0 Å². The Hall–Kier alpha value is 0.430. The van der Waals surface area contributed by atoms with Gasteiger partial charge in [-0.25, -0.2) is 0 Å². The molecule has 0 aromatic rings. The van der Waals surface area contributed by atoms with Crippen LogP contribution in [0, 0.1) is 0 Å². The SMILES string of the molecule is CCCCCC(C)P(C(C)CCCCC)C(C)CCCCC. The van der Waals surface area contributed by atoms with Gasteiger partial charge < -0.3 is 0 Å². The molecule has 0 aliphatic rings. The molecule has 0 saturated heterocycles. The minimum Gasteiger partial charge on any atom is -0.0980 e. The second-order valence-corrected chi connectivity index (χ2v) is 11.0. The molecule has 0 spiro atoms. The summed E-state index contributed by atoms with van der Waals surface area (Å²) in [7, 11) is 0.206. The van der Waals surface area contributed by atoms with Crippen LogP contribution in [0.25, 0.3) is 0 Å². The van der Waals surface area contributed by atoms with Crippen LogP contribution in [-0.2, 0) is 0 Å². The Bertz CT molecular complexity index is 188. The molecule has 0 heterocycles. The van der Waals surface area contributed by atoms with E-state index in [1.54, 1.807) is 0 Å². The van der Waals surface area contributed by atoms with Gasteiger partial charge in [-0.3, -0.25) is 0 Å². The van der Waals surface area contributed by atoms with E-state index in [0.29, 0.717) is 0 Å². The van der Waals surface area contributed by atoms with Crippen LogP contribution in [0.1, 0.15) is 119 Å². The highest BCUT2D eigenvalue weighted by atomic mass is 31.1. The highest BCUT2D eigenvalue weighted by Gasteiger charge is 2.27. The van der Waals surface area contributed by atoms with E-state index >= 15 is 0 Å². The summed E-state index contributed by atoms with van der Waals surface area (Å²) in [5, 5.41) is 0. The summed E-state index contributed by atoms with van der Waals surface area (Å²) in [4.78, 5) is 0. The summed E-state index contributed by atoms with van der Waals surface area (Å²) < 4.78 is 0. The molecule has 1 heteroatoms. The minimum absolute atomic E-state index is 0.206. The van der Waals surface area contributed by atoms with Crippen LogP contribution in [0.5, 0.6) is 0 Å². The smallest absolute Gasteiger partial charge is 0.0233 e. The number of hydrogen-bond acceptors (Lipinski definition) is 0. The van der Waals surface area contributed by atoms with Crippen molar-refractivity contribution in [1.82, 2.24) is 0 Å². The summed E-state index contributed by atoms with van der Waals surface area (Å²) in [5.74, 6) is 0. The molecule has 3 unspecified atom stereocenters. The molecule has 0 rings (SSSR count). The van der Waals surface area contributed by atoms with Crippen LogP contribution in [0.2, 0.25) is 0 Å². The van der Waals surface area contributed by atoms with Crippen molar-refractivity contribution in [2.45, 2.75) is 136 Å². The summed E-state index contributed by atoms with van der Waals surface area (Å²) in [5.41, 5.74) is 2.94.